The van der Waals surface area contributed by atoms with E-state index < -0.39 is 13.0 Å². The number of benzene rings is 1. The Balaban J connectivity index is 3.18. The van der Waals surface area contributed by atoms with Crippen LogP contribution in [-0.4, -0.2) is 30.1 Å². The summed E-state index contributed by atoms with van der Waals surface area (Å²) in [5.74, 6) is -0.562. The highest BCUT2D eigenvalue weighted by Crippen LogP contribution is 2.11. The molecule has 0 fully saturated rings. The van der Waals surface area contributed by atoms with Crippen LogP contribution in [0.5, 0.6) is 0 Å². The van der Waals surface area contributed by atoms with Crippen molar-refractivity contribution in [3.8, 4) is 0 Å². The lowest BCUT2D eigenvalue weighted by molar-refractivity contribution is 0.100. The summed E-state index contributed by atoms with van der Waals surface area (Å²) in [5.41, 5.74) is 6.21. The Morgan fingerprint density at radius 2 is 2.14 bits per heavy atom. The highest BCUT2D eigenvalue weighted by molar-refractivity contribution is 6.58. The molecular formula is C8H11BN2O3. The Bertz CT molecular complexity index is 354. The van der Waals surface area contributed by atoms with Gasteiger partial charge in [0.15, 0.2) is 0 Å². The van der Waals surface area contributed by atoms with E-state index in [1.54, 1.807) is 7.05 Å². The van der Waals surface area contributed by atoms with Crippen molar-refractivity contribution < 1.29 is 14.8 Å². The second kappa shape index (κ2) is 4.12. The first-order chi connectivity index (χ1) is 6.56. The van der Waals surface area contributed by atoms with Gasteiger partial charge in [-0.3, -0.25) is 4.79 Å². The number of nitrogens with two attached hydrogens (primary N) is 1. The number of nitrogens with one attached hydrogen (secondary N) is 1. The van der Waals surface area contributed by atoms with E-state index >= 15 is 0 Å². The van der Waals surface area contributed by atoms with Crippen LogP contribution in [0, 0.1) is 0 Å². The fourth-order valence-corrected chi connectivity index (χ4v) is 1.14. The normalized spacial score (nSPS) is 9.64. The SMILES string of the molecule is CNc1cc(B(O)O)ccc1C(N)=O. The Kier molecular flexibility index (Phi) is 3.11. The van der Waals surface area contributed by atoms with Crippen LogP contribution in [0.3, 0.4) is 0 Å². The molecule has 0 atom stereocenters. The van der Waals surface area contributed by atoms with Gasteiger partial charge in [0.1, 0.15) is 0 Å². The van der Waals surface area contributed by atoms with E-state index in [1.165, 1.54) is 18.2 Å². The molecule has 0 bridgehead atoms. The molecule has 0 aliphatic heterocycles. The van der Waals surface area contributed by atoms with Gasteiger partial charge < -0.3 is 21.1 Å². The quantitative estimate of drug-likeness (QED) is 0.440. The van der Waals surface area contributed by atoms with Gasteiger partial charge in [-0.1, -0.05) is 6.07 Å². The molecule has 1 amide bonds. The topological polar surface area (TPSA) is 95.6 Å². The van der Waals surface area contributed by atoms with Crippen LogP contribution in [0.4, 0.5) is 5.69 Å². The van der Waals surface area contributed by atoms with Crippen molar-refractivity contribution in [2.24, 2.45) is 5.73 Å². The van der Waals surface area contributed by atoms with Gasteiger partial charge >= 0.3 is 7.12 Å². The van der Waals surface area contributed by atoms with Gasteiger partial charge in [-0.15, -0.1) is 0 Å². The Hall–Kier alpha value is -1.53. The second-order valence-corrected chi connectivity index (χ2v) is 2.79. The fraction of sp³-hybridized carbons (Fsp3) is 0.125. The first-order valence-corrected chi connectivity index (χ1v) is 4.04. The number of rotatable bonds is 3. The highest BCUT2D eigenvalue weighted by Gasteiger charge is 2.14. The van der Waals surface area contributed by atoms with Crippen molar-refractivity contribution in [1.82, 2.24) is 0 Å². The summed E-state index contributed by atoms with van der Waals surface area (Å²) in [6.07, 6.45) is 0. The number of amides is 1. The number of carbonyl (C=O) groups excluding carboxylic acids is 1. The van der Waals surface area contributed by atoms with E-state index in [0.29, 0.717) is 16.7 Å². The molecule has 0 heterocycles. The number of anilines is 1. The maximum absolute atomic E-state index is 10.9. The van der Waals surface area contributed by atoms with Crippen molar-refractivity contribution in [3.63, 3.8) is 0 Å². The lowest BCUT2D eigenvalue weighted by Crippen LogP contribution is -2.30. The largest absolute Gasteiger partial charge is 0.488 e. The van der Waals surface area contributed by atoms with E-state index in [1.807, 2.05) is 0 Å². The molecule has 74 valence electrons. The second-order valence-electron chi connectivity index (χ2n) is 2.79. The van der Waals surface area contributed by atoms with Gasteiger partial charge in [-0.2, -0.15) is 0 Å². The van der Waals surface area contributed by atoms with Crippen molar-refractivity contribution >= 4 is 24.2 Å². The van der Waals surface area contributed by atoms with E-state index in [9.17, 15) is 4.79 Å². The molecule has 0 aliphatic carbocycles. The molecule has 0 radical (unpaired) electrons. The first kappa shape index (κ1) is 10.6. The van der Waals surface area contributed by atoms with Crippen LogP contribution >= 0.6 is 0 Å². The average molecular weight is 194 g/mol. The van der Waals surface area contributed by atoms with Gasteiger partial charge in [-0.05, 0) is 17.6 Å². The molecule has 0 saturated heterocycles. The molecule has 5 nitrogen and oxygen atoms in total. The van der Waals surface area contributed by atoms with Crippen LogP contribution in [0.1, 0.15) is 10.4 Å². The summed E-state index contributed by atoms with van der Waals surface area (Å²) in [6, 6.07) is 4.35. The van der Waals surface area contributed by atoms with E-state index in [2.05, 4.69) is 5.32 Å². The van der Waals surface area contributed by atoms with Gasteiger partial charge in [0, 0.05) is 12.7 Å². The molecule has 1 aromatic carbocycles. The summed E-state index contributed by atoms with van der Waals surface area (Å²) < 4.78 is 0. The summed E-state index contributed by atoms with van der Waals surface area (Å²) >= 11 is 0. The molecule has 1 rings (SSSR count). The van der Waals surface area contributed by atoms with E-state index in [-0.39, 0.29) is 0 Å². The number of carbonyl (C=O) groups is 1. The molecule has 5 N–H and O–H groups in total. The summed E-state index contributed by atoms with van der Waals surface area (Å²) in [7, 11) is 0.0685. The number of primary amides is 1. The van der Waals surface area contributed by atoms with Crippen molar-refractivity contribution in [2.75, 3.05) is 12.4 Å². The highest BCUT2D eigenvalue weighted by atomic mass is 16.4. The van der Waals surface area contributed by atoms with Gasteiger partial charge in [0.25, 0.3) is 5.91 Å². The van der Waals surface area contributed by atoms with Crippen LogP contribution in [0.2, 0.25) is 0 Å². The van der Waals surface area contributed by atoms with Gasteiger partial charge in [-0.25, -0.2) is 0 Å². The average Bonchev–Trinajstić information content (AvgIpc) is 2.16. The van der Waals surface area contributed by atoms with Crippen LogP contribution < -0.4 is 16.5 Å². The predicted molar refractivity (Wildman–Crippen MR) is 54.3 cm³/mol. The molecule has 6 heteroatoms. The third kappa shape index (κ3) is 2.04. The van der Waals surface area contributed by atoms with Crippen molar-refractivity contribution in [1.29, 1.82) is 0 Å². The maximum Gasteiger partial charge on any atom is 0.488 e. The zero-order valence-corrected chi connectivity index (χ0v) is 7.69. The minimum atomic E-state index is -1.55. The zero-order chi connectivity index (χ0) is 10.7. The molecule has 0 saturated carbocycles. The molecule has 1 aromatic rings. The summed E-state index contributed by atoms with van der Waals surface area (Å²) in [5, 5.41) is 20.5. The number of hydrogen-bond acceptors (Lipinski definition) is 4. The summed E-state index contributed by atoms with van der Waals surface area (Å²) in [6.45, 7) is 0. The summed E-state index contributed by atoms with van der Waals surface area (Å²) in [4.78, 5) is 10.9. The van der Waals surface area contributed by atoms with Gasteiger partial charge in [0.05, 0.1) is 5.56 Å². The van der Waals surface area contributed by atoms with Crippen LogP contribution in [0.25, 0.3) is 0 Å². The monoisotopic (exact) mass is 194 g/mol. The third-order valence-corrected chi connectivity index (χ3v) is 1.88. The van der Waals surface area contributed by atoms with Gasteiger partial charge in [0.2, 0.25) is 0 Å². The maximum atomic E-state index is 10.9. The van der Waals surface area contributed by atoms with E-state index in [0.717, 1.165) is 0 Å². The fourth-order valence-electron chi connectivity index (χ4n) is 1.14. The van der Waals surface area contributed by atoms with E-state index in [4.69, 9.17) is 15.8 Å². The zero-order valence-electron chi connectivity index (χ0n) is 7.69. The van der Waals surface area contributed by atoms with Crippen LogP contribution in [0.15, 0.2) is 18.2 Å². The van der Waals surface area contributed by atoms with Crippen LogP contribution in [-0.2, 0) is 0 Å². The standard InChI is InChI=1S/C8H11BN2O3/c1-11-7-4-5(9(13)14)2-3-6(7)8(10)12/h2-4,11,13-14H,1H3,(H2,10,12). The predicted octanol–water partition coefficient (Wildman–Crippen LogP) is -1.49. The molecule has 14 heavy (non-hydrogen) atoms. The smallest absolute Gasteiger partial charge is 0.423 e. The minimum Gasteiger partial charge on any atom is -0.423 e. The molecule has 0 unspecified atom stereocenters. The number of hydrogen-bond donors (Lipinski definition) is 4. The lowest BCUT2D eigenvalue weighted by Gasteiger charge is -2.08. The lowest BCUT2D eigenvalue weighted by atomic mass is 9.79. The Morgan fingerprint density at radius 3 is 2.57 bits per heavy atom. The third-order valence-electron chi connectivity index (χ3n) is 1.88. The molecule has 0 aliphatic rings. The minimum absolute atomic E-state index is 0.305. The molecule has 0 aromatic heterocycles. The molecule has 0 spiro atoms. The molecular weight excluding hydrogens is 183 g/mol. The Labute approximate surface area is 81.7 Å². The van der Waals surface area contributed by atoms with Crippen molar-refractivity contribution in [3.05, 3.63) is 23.8 Å². The first-order valence-electron chi connectivity index (χ1n) is 4.04. The van der Waals surface area contributed by atoms with Crippen molar-refractivity contribution in [2.45, 2.75) is 0 Å². The Morgan fingerprint density at radius 1 is 1.50 bits per heavy atom.